The average molecular weight is 233 g/mol. The zero-order valence-electron chi connectivity index (χ0n) is 9.10. The van der Waals surface area contributed by atoms with Gasteiger partial charge in [0.05, 0.1) is 5.39 Å². The molecule has 0 radical (unpaired) electrons. The van der Waals surface area contributed by atoms with Gasteiger partial charge >= 0.3 is 0 Å². The molecule has 2 heterocycles. The highest BCUT2D eigenvalue weighted by atomic mass is 16.1. The Morgan fingerprint density at radius 1 is 1.59 bits per heavy atom. The third kappa shape index (κ3) is 1.89. The Hall–Kier alpha value is -2.57. The molecule has 0 bridgehead atoms. The molecule has 17 heavy (non-hydrogen) atoms. The van der Waals surface area contributed by atoms with E-state index in [9.17, 15) is 9.59 Å². The van der Waals surface area contributed by atoms with Crippen LogP contribution in [0.25, 0.3) is 17.1 Å². The molecule has 0 aliphatic rings. The molecular formula is C10H11N5O2. The minimum atomic E-state index is -0.582. The van der Waals surface area contributed by atoms with Crippen LogP contribution in [-0.2, 0) is 11.8 Å². The lowest BCUT2D eigenvalue weighted by Gasteiger charge is -1.95. The first-order valence-electron chi connectivity index (χ1n) is 4.81. The number of carbonyl (C=O) groups is 1. The highest BCUT2D eigenvalue weighted by Crippen LogP contribution is 2.16. The van der Waals surface area contributed by atoms with Crippen LogP contribution in [0.15, 0.2) is 17.1 Å². The van der Waals surface area contributed by atoms with E-state index >= 15 is 0 Å². The molecule has 2 aromatic heterocycles. The number of aryl methyl sites for hydroxylation is 1. The standard InChI is InChI=1S/C10H11N5O2/c1-15-4-5(2-3-6(11)16)7-8(15)13-10(12)14-9(7)17/h2-4H,1H3,(H2,11,16)(H3,12,13,14,17). The quantitative estimate of drug-likeness (QED) is 0.596. The van der Waals surface area contributed by atoms with Gasteiger partial charge in [-0.05, 0) is 6.08 Å². The molecule has 2 aromatic rings. The summed E-state index contributed by atoms with van der Waals surface area (Å²) in [6.07, 6.45) is 4.33. The van der Waals surface area contributed by atoms with E-state index in [1.807, 2.05) is 0 Å². The smallest absolute Gasteiger partial charge is 0.262 e. The number of hydrogen-bond donors (Lipinski definition) is 3. The predicted octanol–water partition coefficient (Wildman–Crippen LogP) is -0.658. The zero-order valence-corrected chi connectivity index (χ0v) is 9.10. The second kappa shape index (κ2) is 3.78. The van der Waals surface area contributed by atoms with Crippen LogP contribution >= 0.6 is 0 Å². The molecule has 0 spiro atoms. The van der Waals surface area contributed by atoms with Gasteiger partial charge in [-0.15, -0.1) is 0 Å². The number of anilines is 1. The first-order valence-corrected chi connectivity index (χ1v) is 4.81. The second-order valence-electron chi connectivity index (χ2n) is 3.58. The topological polar surface area (TPSA) is 120 Å². The number of carbonyl (C=O) groups excluding carboxylic acids is 1. The number of aromatic amines is 1. The van der Waals surface area contributed by atoms with Crippen LogP contribution in [0, 0.1) is 0 Å². The Morgan fingerprint density at radius 2 is 2.29 bits per heavy atom. The number of hydrogen-bond acceptors (Lipinski definition) is 4. The lowest BCUT2D eigenvalue weighted by molar-refractivity contribution is -0.113. The fourth-order valence-electron chi connectivity index (χ4n) is 1.63. The summed E-state index contributed by atoms with van der Waals surface area (Å²) in [5.41, 5.74) is 11.1. The van der Waals surface area contributed by atoms with Gasteiger partial charge in [0.25, 0.3) is 5.56 Å². The third-order valence-corrected chi connectivity index (χ3v) is 2.30. The van der Waals surface area contributed by atoms with Gasteiger partial charge < -0.3 is 16.0 Å². The van der Waals surface area contributed by atoms with Crippen molar-refractivity contribution in [1.82, 2.24) is 14.5 Å². The normalized spacial score (nSPS) is 11.4. The summed E-state index contributed by atoms with van der Waals surface area (Å²) in [6, 6.07) is 0. The van der Waals surface area contributed by atoms with Gasteiger partial charge in [-0.3, -0.25) is 14.6 Å². The van der Waals surface area contributed by atoms with Crippen LogP contribution in [0.5, 0.6) is 0 Å². The maximum atomic E-state index is 11.7. The monoisotopic (exact) mass is 233 g/mol. The summed E-state index contributed by atoms with van der Waals surface area (Å²) in [7, 11) is 1.73. The van der Waals surface area contributed by atoms with Crippen LogP contribution in [0.3, 0.4) is 0 Å². The highest BCUT2D eigenvalue weighted by molar-refractivity contribution is 5.94. The number of nitrogens with two attached hydrogens (primary N) is 2. The number of fused-ring (bicyclic) bond motifs is 1. The SMILES string of the molecule is Cn1cc(C=CC(N)=O)c2c(=O)[nH]c(N)nc21. The first-order chi connectivity index (χ1) is 7.99. The number of nitrogens with zero attached hydrogens (tertiary/aromatic N) is 2. The van der Waals surface area contributed by atoms with Gasteiger partial charge in [0.15, 0.2) is 0 Å². The van der Waals surface area contributed by atoms with Gasteiger partial charge in [0, 0.05) is 24.9 Å². The Morgan fingerprint density at radius 3 is 2.94 bits per heavy atom. The van der Waals surface area contributed by atoms with Crippen LogP contribution in [0.4, 0.5) is 5.95 Å². The van der Waals surface area contributed by atoms with E-state index in [2.05, 4.69) is 9.97 Å². The molecule has 0 aliphatic heterocycles. The lowest BCUT2D eigenvalue weighted by Crippen LogP contribution is -2.11. The molecule has 5 N–H and O–H groups in total. The van der Waals surface area contributed by atoms with Crippen molar-refractivity contribution >= 4 is 29.0 Å². The minimum Gasteiger partial charge on any atom is -0.369 e. The number of primary amides is 1. The molecule has 0 unspecified atom stereocenters. The molecular weight excluding hydrogens is 222 g/mol. The fraction of sp³-hybridized carbons (Fsp3) is 0.100. The largest absolute Gasteiger partial charge is 0.369 e. The van der Waals surface area contributed by atoms with Crippen molar-refractivity contribution in [3.63, 3.8) is 0 Å². The Balaban J connectivity index is 2.75. The highest BCUT2D eigenvalue weighted by Gasteiger charge is 2.10. The number of nitrogens with one attached hydrogen (secondary N) is 1. The zero-order chi connectivity index (χ0) is 12.6. The van der Waals surface area contributed by atoms with E-state index in [1.54, 1.807) is 17.8 Å². The molecule has 0 saturated heterocycles. The van der Waals surface area contributed by atoms with Gasteiger partial charge in [-0.1, -0.05) is 0 Å². The third-order valence-electron chi connectivity index (χ3n) is 2.30. The van der Waals surface area contributed by atoms with Gasteiger partial charge in [-0.2, -0.15) is 4.98 Å². The summed E-state index contributed by atoms with van der Waals surface area (Å²) >= 11 is 0. The number of nitrogen functional groups attached to an aromatic ring is 1. The minimum absolute atomic E-state index is 0.0501. The van der Waals surface area contributed by atoms with E-state index in [0.29, 0.717) is 16.6 Å². The molecule has 7 heteroatoms. The van der Waals surface area contributed by atoms with Gasteiger partial charge in [-0.25, -0.2) is 0 Å². The van der Waals surface area contributed by atoms with Crippen molar-refractivity contribution in [1.29, 1.82) is 0 Å². The van der Waals surface area contributed by atoms with E-state index in [-0.39, 0.29) is 11.5 Å². The van der Waals surface area contributed by atoms with Gasteiger partial charge in [0.2, 0.25) is 11.9 Å². The number of H-pyrrole nitrogens is 1. The van der Waals surface area contributed by atoms with Crippen molar-refractivity contribution in [3.05, 3.63) is 28.2 Å². The van der Waals surface area contributed by atoms with Crippen LogP contribution < -0.4 is 17.0 Å². The van der Waals surface area contributed by atoms with Crippen LogP contribution in [-0.4, -0.2) is 20.4 Å². The van der Waals surface area contributed by atoms with E-state index in [1.165, 1.54) is 12.2 Å². The Labute approximate surface area is 95.7 Å². The fourth-order valence-corrected chi connectivity index (χ4v) is 1.63. The van der Waals surface area contributed by atoms with E-state index in [4.69, 9.17) is 11.5 Å². The Kier molecular flexibility index (Phi) is 2.43. The number of rotatable bonds is 2. The maximum Gasteiger partial charge on any atom is 0.262 e. The summed E-state index contributed by atoms with van der Waals surface area (Å²) < 4.78 is 1.65. The molecule has 1 amide bonds. The van der Waals surface area contributed by atoms with E-state index < -0.39 is 5.91 Å². The molecule has 0 aliphatic carbocycles. The Bertz CT molecular complexity index is 680. The summed E-state index contributed by atoms with van der Waals surface area (Å²) in [5.74, 6) is -0.532. The van der Waals surface area contributed by atoms with Gasteiger partial charge in [0.1, 0.15) is 5.65 Å². The van der Waals surface area contributed by atoms with Crippen molar-refractivity contribution < 1.29 is 4.79 Å². The predicted molar refractivity (Wildman–Crippen MR) is 64.0 cm³/mol. The van der Waals surface area contributed by atoms with Crippen LogP contribution in [0.2, 0.25) is 0 Å². The summed E-state index contributed by atoms with van der Waals surface area (Å²) in [4.78, 5) is 28.8. The summed E-state index contributed by atoms with van der Waals surface area (Å²) in [5, 5.41) is 0.374. The molecule has 0 saturated carbocycles. The first kappa shape index (κ1) is 10.9. The molecule has 0 aromatic carbocycles. The van der Waals surface area contributed by atoms with Crippen molar-refractivity contribution in [2.75, 3.05) is 5.73 Å². The maximum absolute atomic E-state index is 11.7. The second-order valence-corrected chi connectivity index (χ2v) is 3.58. The number of amides is 1. The van der Waals surface area contributed by atoms with E-state index in [0.717, 1.165) is 0 Å². The van der Waals surface area contributed by atoms with Crippen molar-refractivity contribution in [3.8, 4) is 0 Å². The average Bonchev–Trinajstić information content (AvgIpc) is 2.53. The lowest BCUT2D eigenvalue weighted by atomic mass is 10.2. The van der Waals surface area contributed by atoms with Crippen molar-refractivity contribution in [2.45, 2.75) is 0 Å². The molecule has 2 rings (SSSR count). The van der Waals surface area contributed by atoms with Crippen LogP contribution in [0.1, 0.15) is 5.56 Å². The molecule has 0 atom stereocenters. The molecule has 7 nitrogen and oxygen atoms in total. The van der Waals surface area contributed by atoms with Crippen molar-refractivity contribution in [2.24, 2.45) is 12.8 Å². The molecule has 0 fully saturated rings. The molecule has 88 valence electrons. The number of aromatic nitrogens is 3. The summed E-state index contributed by atoms with van der Waals surface area (Å²) in [6.45, 7) is 0.